The van der Waals surface area contributed by atoms with E-state index in [1.807, 2.05) is 4.90 Å². The Morgan fingerprint density at radius 1 is 1.18 bits per heavy atom. The van der Waals surface area contributed by atoms with E-state index in [1.54, 1.807) is 0 Å². The summed E-state index contributed by atoms with van der Waals surface area (Å²) in [5.74, 6) is -0.633. The van der Waals surface area contributed by atoms with E-state index in [0.29, 0.717) is 11.8 Å². The highest BCUT2D eigenvalue weighted by molar-refractivity contribution is 5.96. The van der Waals surface area contributed by atoms with Crippen LogP contribution in [0.4, 0.5) is 0 Å². The van der Waals surface area contributed by atoms with Crippen molar-refractivity contribution in [3.8, 4) is 0 Å². The molecule has 1 aliphatic heterocycles. The molecule has 1 amide bonds. The van der Waals surface area contributed by atoms with Crippen molar-refractivity contribution in [2.75, 3.05) is 14.2 Å². The highest BCUT2D eigenvalue weighted by Gasteiger charge is 2.62. The fourth-order valence-electron chi connectivity index (χ4n) is 5.84. The van der Waals surface area contributed by atoms with Gasteiger partial charge in [-0.1, -0.05) is 6.58 Å². The molecule has 0 aromatic heterocycles. The highest BCUT2D eigenvalue weighted by atomic mass is 16.5. The zero-order valence-corrected chi connectivity index (χ0v) is 17.3. The predicted molar refractivity (Wildman–Crippen MR) is 103 cm³/mol. The predicted octanol–water partition coefficient (Wildman–Crippen LogP) is 2.14. The molecule has 154 valence electrons. The van der Waals surface area contributed by atoms with Crippen LogP contribution in [0.25, 0.3) is 0 Å². The van der Waals surface area contributed by atoms with Gasteiger partial charge in [0.15, 0.2) is 0 Å². The lowest BCUT2D eigenvalue weighted by molar-refractivity contribution is -0.146. The summed E-state index contributed by atoms with van der Waals surface area (Å²) >= 11 is 0. The average Bonchev–Trinajstić information content (AvgIpc) is 2.64. The largest absolute Gasteiger partial charge is 0.466 e. The third kappa shape index (κ3) is 2.91. The molecule has 1 unspecified atom stereocenters. The van der Waals surface area contributed by atoms with Crippen LogP contribution in [0.15, 0.2) is 24.0 Å². The molecule has 2 aliphatic carbocycles. The number of esters is 2. The first kappa shape index (κ1) is 20.4. The van der Waals surface area contributed by atoms with E-state index < -0.39 is 17.5 Å². The number of amides is 1. The summed E-state index contributed by atoms with van der Waals surface area (Å²) in [5.41, 5.74) is 0.101. The fraction of sp³-hybridized carbons (Fsp3) is 0.667. The lowest BCUT2D eigenvalue weighted by atomic mass is 9.50. The molecule has 2 saturated carbocycles. The van der Waals surface area contributed by atoms with Crippen molar-refractivity contribution < 1.29 is 23.9 Å². The van der Waals surface area contributed by atoms with Crippen molar-refractivity contribution in [2.45, 2.75) is 57.5 Å². The molecule has 1 saturated heterocycles. The number of ether oxygens (including phenoxy) is 2. The number of hydrogen-bond donors (Lipinski definition) is 1. The van der Waals surface area contributed by atoms with Gasteiger partial charge in [0.05, 0.1) is 20.3 Å². The van der Waals surface area contributed by atoms with Crippen molar-refractivity contribution in [3.63, 3.8) is 0 Å². The van der Waals surface area contributed by atoms with Gasteiger partial charge in [-0.3, -0.25) is 4.79 Å². The SMILES string of the molecule is C=C1[C@@H]2C[C@H]3C[C@H](CC[C@@]3(C)N1/C(=C/C(=O)OC)C(=O)OC)C2(C)NC(C)=O. The standard InChI is InChI=1S/C21H30N2O5/c1-12-16-10-15-9-14(21(16,4)22-13(2)24)7-8-20(15,3)23(12)17(19(26)28-6)11-18(25)27-5/h11,14-16H,1,7-10H2,2-6H3,(H,22,24)/b17-11+/t14-,15+,16-,20+,21?/m0/s1. The van der Waals surface area contributed by atoms with Crippen molar-refractivity contribution in [1.82, 2.24) is 10.2 Å². The van der Waals surface area contributed by atoms with Crippen LogP contribution in [0, 0.1) is 17.8 Å². The van der Waals surface area contributed by atoms with E-state index in [4.69, 9.17) is 9.47 Å². The number of nitrogens with one attached hydrogen (secondary N) is 1. The first-order valence-corrected chi connectivity index (χ1v) is 9.74. The monoisotopic (exact) mass is 390 g/mol. The Hall–Kier alpha value is -2.31. The minimum absolute atomic E-state index is 0.0285. The van der Waals surface area contributed by atoms with Crippen molar-refractivity contribution in [3.05, 3.63) is 24.0 Å². The third-order valence-electron chi connectivity index (χ3n) is 7.28. The van der Waals surface area contributed by atoms with Gasteiger partial charge < -0.3 is 19.7 Å². The molecule has 3 fully saturated rings. The number of hydrogen-bond acceptors (Lipinski definition) is 6. The van der Waals surface area contributed by atoms with Crippen molar-refractivity contribution in [1.29, 1.82) is 0 Å². The van der Waals surface area contributed by atoms with E-state index in [9.17, 15) is 14.4 Å². The summed E-state index contributed by atoms with van der Waals surface area (Å²) in [5, 5.41) is 3.18. The van der Waals surface area contributed by atoms with E-state index in [1.165, 1.54) is 27.2 Å². The number of methoxy groups -OCH3 is 2. The van der Waals surface area contributed by atoms with Gasteiger partial charge in [-0.05, 0) is 51.4 Å². The van der Waals surface area contributed by atoms with Crippen molar-refractivity contribution in [2.24, 2.45) is 17.8 Å². The molecule has 0 spiro atoms. The van der Waals surface area contributed by atoms with E-state index in [2.05, 4.69) is 25.7 Å². The summed E-state index contributed by atoms with van der Waals surface area (Å²) in [7, 11) is 2.57. The molecule has 1 N–H and O–H groups in total. The lowest BCUT2D eigenvalue weighted by Crippen LogP contribution is -2.71. The Bertz CT molecular complexity index is 760. The molecule has 1 heterocycles. The number of nitrogens with zero attached hydrogens (tertiary/aromatic N) is 1. The second-order valence-corrected chi connectivity index (χ2v) is 8.65. The summed E-state index contributed by atoms with van der Waals surface area (Å²) < 4.78 is 9.75. The van der Waals surface area contributed by atoms with Gasteiger partial charge in [0.25, 0.3) is 0 Å². The Kier molecular flexibility index (Phi) is 5.06. The summed E-state index contributed by atoms with van der Waals surface area (Å²) in [6.45, 7) is 10.1. The van der Waals surface area contributed by atoms with Gasteiger partial charge >= 0.3 is 11.9 Å². The molecule has 3 aliphatic rings. The number of carbonyl (C=O) groups excluding carboxylic acids is 3. The molecule has 0 aromatic rings. The highest BCUT2D eigenvalue weighted by Crippen LogP contribution is 2.61. The Labute approximate surface area is 166 Å². The maximum Gasteiger partial charge on any atom is 0.354 e. The molecule has 28 heavy (non-hydrogen) atoms. The minimum Gasteiger partial charge on any atom is -0.466 e. The van der Waals surface area contributed by atoms with Crippen LogP contribution in [0.2, 0.25) is 0 Å². The van der Waals surface area contributed by atoms with Crippen LogP contribution in [-0.4, -0.2) is 48.0 Å². The Balaban J connectivity index is 2.13. The molecule has 7 heteroatoms. The van der Waals surface area contributed by atoms with Gasteiger partial charge in [0, 0.05) is 29.6 Å². The summed E-state index contributed by atoms with van der Waals surface area (Å²) in [4.78, 5) is 38.5. The number of rotatable bonds is 4. The normalized spacial score (nSPS) is 36.8. The zero-order valence-electron chi connectivity index (χ0n) is 17.3. The average molecular weight is 390 g/mol. The zero-order chi connectivity index (χ0) is 20.9. The molecular weight excluding hydrogens is 360 g/mol. The third-order valence-corrected chi connectivity index (χ3v) is 7.28. The fourth-order valence-corrected chi connectivity index (χ4v) is 5.84. The van der Waals surface area contributed by atoms with Crippen LogP contribution < -0.4 is 5.32 Å². The van der Waals surface area contributed by atoms with Gasteiger partial charge in [-0.15, -0.1) is 0 Å². The van der Waals surface area contributed by atoms with E-state index >= 15 is 0 Å². The topological polar surface area (TPSA) is 84.9 Å². The van der Waals surface area contributed by atoms with Gasteiger partial charge in [-0.25, -0.2) is 9.59 Å². The summed E-state index contributed by atoms with van der Waals surface area (Å²) in [6, 6.07) is 0. The Morgan fingerprint density at radius 3 is 2.43 bits per heavy atom. The molecule has 7 nitrogen and oxygen atoms in total. The van der Waals surface area contributed by atoms with Crippen LogP contribution in [0.3, 0.4) is 0 Å². The second kappa shape index (κ2) is 6.94. The number of carbonyl (C=O) groups is 3. The maximum atomic E-state index is 12.6. The molecule has 3 rings (SSSR count). The van der Waals surface area contributed by atoms with Crippen LogP contribution >= 0.6 is 0 Å². The first-order valence-electron chi connectivity index (χ1n) is 9.74. The summed E-state index contributed by atoms with van der Waals surface area (Å²) in [6.07, 6.45) is 4.80. The van der Waals surface area contributed by atoms with Crippen LogP contribution in [0.1, 0.15) is 46.5 Å². The van der Waals surface area contributed by atoms with Gasteiger partial charge in [0.1, 0.15) is 5.70 Å². The smallest absolute Gasteiger partial charge is 0.354 e. The van der Waals surface area contributed by atoms with Crippen LogP contribution in [0.5, 0.6) is 0 Å². The molecule has 0 aromatic carbocycles. The molecule has 0 radical (unpaired) electrons. The first-order chi connectivity index (χ1) is 13.1. The maximum absolute atomic E-state index is 12.6. The van der Waals surface area contributed by atoms with Gasteiger partial charge in [0.2, 0.25) is 5.91 Å². The Morgan fingerprint density at radius 2 is 1.86 bits per heavy atom. The number of fused-ring (bicyclic) bond motifs is 2. The van der Waals surface area contributed by atoms with E-state index in [0.717, 1.165) is 31.4 Å². The van der Waals surface area contributed by atoms with E-state index in [-0.39, 0.29) is 23.1 Å². The lowest BCUT2D eigenvalue weighted by Gasteiger charge is -2.66. The molecular formula is C21H30N2O5. The van der Waals surface area contributed by atoms with Crippen molar-refractivity contribution >= 4 is 17.8 Å². The number of likely N-dealkylation sites (tertiary alicyclic amines) is 1. The molecule has 5 atom stereocenters. The minimum atomic E-state index is -0.620. The molecule has 3 bridgehead atoms. The second-order valence-electron chi connectivity index (χ2n) is 8.65. The van der Waals surface area contributed by atoms with Gasteiger partial charge in [-0.2, -0.15) is 0 Å². The van der Waals surface area contributed by atoms with Crippen LogP contribution in [-0.2, 0) is 23.9 Å². The number of piperidine rings is 1. The quantitative estimate of drug-likeness (QED) is 0.585.